The van der Waals surface area contributed by atoms with E-state index in [9.17, 15) is 9.59 Å². The number of aromatic amines is 1. The third-order valence-electron chi connectivity index (χ3n) is 6.93. The van der Waals surface area contributed by atoms with Crippen molar-refractivity contribution in [3.05, 3.63) is 69.6 Å². The highest BCUT2D eigenvalue weighted by molar-refractivity contribution is 6.31. The number of H-pyrrole nitrogens is 1. The summed E-state index contributed by atoms with van der Waals surface area (Å²) in [7, 11) is 0. The number of fused-ring (bicyclic) bond motifs is 1. The van der Waals surface area contributed by atoms with Crippen molar-refractivity contribution in [3.8, 4) is 0 Å². The average Bonchev–Trinajstić information content (AvgIpc) is 3.52. The Morgan fingerprint density at radius 3 is 2.65 bits per heavy atom. The van der Waals surface area contributed by atoms with E-state index in [0.29, 0.717) is 23.1 Å². The Kier molecular flexibility index (Phi) is 5.72. The molecule has 3 aromatic rings. The van der Waals surface area contributed by atoms with Crippen LogP contribution in [0.1, 0.15) is 49.6 Å². The third kappa shape index (κ3) is 4.35. The number of likely N-dealkylation sites (tertiary alicyclic amines) is 1. The summed E-state index contributed by atoms with van der Waals surface area (Å²) in [6.45, 7) is 2.88. The van der Waals surface area contributed by atoms with Crippen molar-refractivity contribution < 1.29 is 4.79 Å². The zero-order valence-corrected chi connectivity index (χ0v) is 18.4. The number of rotatable bonds is 7. The van der Waals surface area contributed by atoms with Crippen LogP contribution in [0.2, 0.25) is 5.02 Å². The van der Waals surface area contributed by atoms with E-state index in [1.807, 2.05) is 28.8 Å². The molecule has 2 unspecified atom stereocenters. The van der Waals surface area contributed by atoms with Gasteiger partial charge in [0.15, 0.2) is 0 Å². The largest absolute Gasteiger partial charge is 0.326 e. The van der Waals surface area contributed by atoms with E-state index in [4.69, 9.17) is 11.6 Å². The Labute approximate surface area is 187 Å². The molecule has 1 saturated heterocycles. The van der Waals surface area contributed by atoms with Crippen LogP contribution in [-0.4, -0.2) is 39.9 Å². The number of ketones is 1. The van der Waals surface area contributed by atoms with Gasteiger partial charge < -0.3 is 9.88 Å². The van der Waals surface area contributed by atoms with Gasteiger partial charge >= 0.3 is 5.69 Å². The fourth-order valence-corrected chi connectivity index (χ4v) is 5.32. The lowest BCUT2D eigenvalue weighted by atomic mass is 10.0. The molecule has 162 valence electrons. The van der Waals surface area contributed by atoms with Crippen LogP contribution >= 0.6 is 11.6 Å². The number of carbonyl (C=O) groups excluding carboxylic acids is 1. The molecule has 1 aliphatic carbocycles. The third-order valence-corrected chi connectivity index (χ3v) is 7.17. The minimum atomic E-state index is -0.0567. The Morgan fingerprint density at radius 2 is 1.87 bits per heavy atom. The standard InChI is InChI=1S/C25H28ClN3O2/c26-18-8-9-23-22(15-18)27-25(31)29(23)19-10-13-28(14-11-19)12-4-7-24(30)21-16-20(21)17-5-2-1-3-6-17/h1-3,5-6,8-9,15,19-21H,4,7,10-14,16H2,(H,27,31). The fraction of sp³-hybridized carbons (Fsp3) is 0.440. The second kappa shape index (κ2) is 8.64. The topological polar surface area (TPSA) is 58.1 Å². The Morgan fingerprint density at radius 1 is 1.10 bits per heavy atom. The zero-order chi connectivity index (χ0) is 21.4. The van der Waals surface area contributed by atoms with Crippen molar-refractivity contribution in [2.45, 2.75) is 44.1 Å². The molecular formula is C25H28ClN3O2. The van der Waals surface area contributed by atoms with Crippen LogP contribution in [0.5, 0.6) is 0 Å². The summed E-state index contributed by atoms with van der Waals surface area (Å²) in [5, 5.41) is 0.631. The smallest absolute Gasteiger partial charge is 0.305 e. The molecule has 5 rings (SSSR count). The number of imidazole rings is 1. The van der Waals surface area contributed by atoms with Gasteiger partial charge in [0, 0.05) is 36.5 Å². The van der Waals surface area contributed by atoms with Crippen LogP contribution < -0.4 is 5.69 Å². The molecule has 2 heterocycles. The minimum absolute atomic E-state index is 0.0567. The molecule has 2 fully saturated rings. The van der Waals surface area contributed by atoms with Crippen LogP contribution in [0.3, 0.4) is 0 Å². The lowest BCUT2D eigenvalue weighted by Gasteiger charge is -2.32. The Bertz CT molecular complexity index is 1130. The zero-order valence-electron chi connectivity index (χ0n) is 17.6. The number of aromatic nitrogens is 2. The lowest BCUT2D eigenvalue weighted by molar-refractivity contribution is -0.120. The van der Waals surface area contributed by atoms with Gasteiger partial charge in [0.1, 0.15) is 5.78 Å². The van der Waals surface area contributed by atoms with E-state index < -0.39 is 0 Å². The van der Waals surface area contributed by atoms with Gasteiger partial charge in [-0.05, 0) is 61.9 Å². The first-order valence-electron chi connectivity index (χ1n) is 11.3. The molecule has 2 aliphatic rings. The van der Waals surface area contributed by atoms with Gasteiger partial charge in [-0.25, -0.2) is 4.79 Å². The van der Waals surface area contributed by atoms with E-state index >= 15 is 0 Å². The maximum atomic E-state index is 12.6. The molecular weight excluding hydrogens is 410 g/mol. The first kappa shape index (κ1) is 20.5. The minimum Gasteiger partial charge on any atom is -0.305 e. The van der Waals surface area contributed by atoms with Crippen LogP contribution in [0, 0.1) is 5.92 Å². The molecule has 0 spiro atoms. The van der Waals surface area contributed by atoms with E-state index in [2.05, 4.69) is 34.1 Å². The molecule has 5 nitrogen and oxygen atoms in total. The van der Waals surface area contributed by atoms with Crippen LogP contribution in [0.25, 0.3) is 11.0 Å². The van der Waals surface area contributed by atoms with Crippen molar-refractivity contribution in [1.82, 2.24) is 14.5 Å². The Hall–Kier alpha value is -2.37. The molecule has 6 heteroatoms. The van der Waals surface area contributed by atoms with Gasteiger partial charge in [-0.3, -0.25) is 9.36 Å². The highest BCUT2D eigenvalue weighted by atomic mass is 35.5. The second-order valence-corrected chi connectivity index (χ2v) is 9.40. The number of Topliss-reactive ketones (excluding diaryl/α,β-unsaturated/α-hetero) is 1. The Balaban J connectivity index is 1.09. The average molecular weight is 438 g/mol. The van der Waals surface area contributed by atoms with Crippen molar-refractivity contribution >= 4 is 28.4 Å². The normalized spacial score (nSPS) is 22.1. The fourth-order valence-electron chi connectivity index (χ4n) is 5.15. The first-order chi connectivity index (χ1) is 15.1. The van der Waals surface area contributed by atoms with Crippen LogP contribution in [-0.2, 0) is 4.79 Å². The molecule has 2 aromatic carbocycles. The van der Waals surface area contributed by atoms with Crippen molar-refractivity contribution in [3.63, 3.8) is 0 Å². The quantitative estimate of drug-likeness (QED) is 0.579. The summed E-state index contributed by atoms with van der Waals surface area (Å²) in [6.07, 6.45) is 4.51. The van der Waals surface area contributed by atoms with E-state index in [0.717, 1.165) is 56.4 Å². The van der Waals surface area contributed by atoms with E-state index in [1.165, 1.54) is 5.56 Å². The lowest BCUT2D eigenvalue weighted by Crippen LogP contribution is -2.37. The summed E-state index contributed by atoms with van der Waals surface area (Å²) >= 11 is 6.06. The van der Waals surface area contributed by atoms with Gasteiger partial charge in [0.25, 0.3) is 0 Å². The molecule has 0 amide bonds. The SMILES string of the molecule is O=C(CCCN1CCC(n2c(=O)[nH]c3cc(Cl)ccc32)CC1)C1CC1c1ccccc1. The maximum absolute atomic E-state index is 12.6. The van der Waals surface area contributed by atoms with Crippen LogP contribution in [0.15, 0.2) is 53.3 Å². The van der Waals surface area contributed by atoms with Gasteiger partial charge in [-0.1, -0.05) is 41.9 Å². The molecule has 1 N–H and O–H groups in total. The summed E-state index contributed by atoms with van der Waals surface area (Å²) in [4.78, 5) is 30.4. The van der Waals surface area contributed by atoms with Gasteiger partial charge in [0.2, 0.25) is 0 Å². The predicted octanol–water partition coefficient (Wildman–Crippen LogP) is 4.77. The van der Waals surface area contributed by atoms with E-state index in [1.54, 1.807) is 0 Å². The molecule has 1 aromatic heterocycles. The van der Waals surface area contributed by atoms with Gasteiger partial charge in [-0.15, -0.1) is 0 Å². The number of carbonyl (C=O) groups is 1. The number of nitrogens with one attached hydrogen (secondary N) is 1. The number of hydrogen-bond donors (Lipinski definition) is 1. The highest BCUT2D eigenvalue weighted by Crippen LogP contribution is 2.48. The summed E-state index contributed by atoms with van der Waals surface area (Å²) < 4.78 is 1.89. The van der Waals surface area contributed by atoms with Gasteiger partial charge in [-0.2, -0.15) is 0 Å². The van der Waals surface area contributed by atoms with Crippen molar-refractivity contribution in [2.24, 2.45) is 5.92 Å². The summed E-state index contributed by atoms with van der Waals surface area (Å²) in [5.41, 5.74) is 2.97. The van der Waals surface area contributed by atoms with Crippen molar-refractivity contribution in [2.75, 3.05) is 19.6 Å². The van der Waals surface area contributed by atoms with E-state index in [-0.39, 0.29) is 17.6 Å². The first-order valence-corrected chi connectivity index (χ1v) is 11.7. The molecule has 2 atom stereocenters. The van der Waals surface area contributed by atoms with Crippen molar-refractivity contribution in [1.29, 1.82) is 0 Å². The molecule has 1 saturated carbocycles. The number of halogens is 1. The predicted molar refractivity (Wildman–Crippen MR) is 124 cm³/mol. The van der Waals surface area contributed by atoms with Crippen LogP contribution in [0.4, 0.5) is 0 Å². The number of nitrogens with zero attached hydrogens (tertiary/aromatic N) is 2. The molecule has 1 aliphatic heterocycles. The molecule has 0 bridgehead atoms. The summed E-state index contributed by atoms with van der Waals surface area (Å²) in [5.74, 6) is 1.09. The number of piperidine rings is 1. The van der Waals surface area contributed by atoms with Gasteiger partial charge in [0.05, 0.1) is 11.0 Å². The second-order valence-electron chi connectivity index (χ2n) is 8.96. The highest BCUT2D eigenvalue weighted by Gasteiger charge is 2.42. The monoisotopic (exact) mass is 437 g/mol. The molecule has 31 heavy (non-hydrogen) atoms. The number of hydrogen-bond acceptors (Lipinski definition) is 3. The number of benzene rings is 2. The summed E-state index contributed by atoms with van der Waals surface area (Å²) in [6, 6.07) is 16.2. The molecule has 0 radical (unpaired) electrons. The maximum Gasteiger partial charge on any atom is 0.326 e.